The van der Waals surface area contributed by atoms with Gasteiger partial charge in [0, 0.05) is 0 Å². The molecular formula is C10H10ClNSi. The highest BCUT2D eigenvalue weighted by Gasteiger charge is 2.08. The van der Waals surface area contributed by atoms with Crippen LogP contribution in [0.5, 0.6) is 0 Å². The highest BCUT2D eigenvalue weighted by atomic mass is 35.6. The van der Waals surface area contributed by atoms with Gasteiger partial charge in [-0.15, -0.1) is 0 Å². The maximum absolute atomic E-state index is 8.80. The summed E-state index contributed by atoms with van der Waals surface area (Å²) in [5.74, 6) is -0.0378. The molecule has 1 aromatic rings. The van der Waals surface area contributed by atoms with E-state index in [1.807, 2.05) is 31.2 Å². The number of hydrogen-bond donors (Lipinski definition) is 0. The van der Waals surface area contributed by atoms with Crippen molar-refractivity contribution in [2.45, 2.75) is 18.9 Å². The lowest BCUT2D eigenvalue weighted by molar-refractivity contribution is 0.962. The van der Waals surface area contributed by atoms with E-state index in [2.05, 4.69) is 6.07 Å². The van der Waals surface area contributed by atoms with E-state index in [0.29, 0.717) is 8.83 Å². The first kappa shape index (κ1) is 10.3. The van der Waals surface area contributed by atoms with Crippen LogP contribution in [-0.2, 0) is 6.04 Å². The molecule has 3 heteroatoms. The van der Waals surface area contributed by atoms with Crippen LogP contribution in [-0.4, -0.2) is 8.83 Å². The Morgan fingerprint density at radius 1 is 1.54 bits per heavy atom. The maximum atomic E-state index is 8.80. The fraction of sp³-hybridized carbons (Fsp3) is 0.300. The minimum atomic E-state index is -0.0378. The largest absolute Gasteiger partial charge is 0.198 e. The summed E-state index contributed by atoms with van der Waals surface area (Å²) in [7, 11) is 0.389. The van der Waals surface area contributed by atoms with E-state index in [-0.39, 0.29) is 5.92 Å². The summed E-state index contributed by atoms with van der Waals surface area (Å²) < 4.78 is 0. The molecule has 0 spiro atoms. The highest BCUT2D eigenvalue weighted by molar-refractivity contribution is 6.93. The van der Waals surface area contributed by atoms with Crippen molar-refractivity contribution in [3.8, 4) is 6.07 Å². The normalized spacial score (nSPS) is 12.1. The molecule has 0 aromatic heterocycles. The van der Waals surface area contributed by atoms with Crippen LogP contribution in [0.1, 0.15) is 24.0 Å². The molecule has 66 valence electrons. The van der Waals surface area contributed by atoms with Gasteiger partial charge in [-0.05, 0) is 24.1 Å². The van der Waals surface area contributed by atoms with Crippen molar-refractivity contribution in [3.05, 3.63) is 35.4 Å². The third-order valence-corrected chi connectivity index (χ3v) is 2.89. The van der Waals surface area contributed by atoms with Crippen molar-refractivity contribution >= 4 is 19.9 Å². The molecule has 1 aromatic carbocycles. The number of rotatable bonds is 3. The minimum Gasteiger partial charge on any atom is -0.198 e. The molecule has 1 rings (SSSR count). The topological polar surface area (TPSA) is 23.8 Å². The molecule has 0 aliphatic carbocycles. The molecule has 1 unspecified atom stereocenters. The average molecular weight is 208 g/mol. The Bertz CT molecular complexity index is 319. The monoisotopic (exact) mass is 207 g/mol. The number of benzene rings is 1. The Kier molecular flexibility index (Phi) is 4.01. The van der Waals surface area contributed by atoms with Crippen molar-refractivity contribution in [1.82, 2.24) is 0 Å². The summed E-state index contributed by atoms with van der Waals surface area (Å²) in [6, 6.07) is 11.1. The molecule has 0 aliphatic heterocycles. The van der Waals surface area contributed by atoms with Crippen LogP contribution in [0.3, 0.4) is 0 Å². The zero-order chi connectivity index (χ0) is 9.68. The van der Waals surface area contributed by atoms with Crippen LogP contribution in [0, 0.1) is 11.3 Å². The van der Waals surface area contributed by atoms with Crippen LogP contribution < -0.4 is 0 Å². The SMILES string of the molecule is CC(C#N)c1ccccc1C[Si]Cl. The van der Waals surface area contributed by atoms with Gasteiger partial charge in [0.2, 0.25) is 0 Å². The summed E-state index contributed by atoms with van der Waals surface area (Å²) in [5, 5.41) is 8.80. The summed E-state index contributed by atoms with van der Waals surface area (Å²) in [4.78, 5) is 0. The Balaban J connectivity index is 2.98. The molecule has 1 nitrogen and oxygen atoms in total. The number of nitrogens with zero attached hydrogens (tertiary/aromatic N) is 1. The van der Waals surface area contributed by atoms with Crippen molar-refractivity contribution in [1.29, 1.82) is 5.26 Å². The van der Waals surface area contributed by atoms with E-state index in [1.165, 1.54) is 5.56 Å². The van der Waals surface area contributed by atoms with E-state index in [1.54, 1.807) is 0 Å². The first-order valence-electron chi connectivity index (χ1n) is 4.10. The predicted octanol–water partition coefficient (Wildman–Crippen LogP) is 2.67. The van der Waals surface area contributed by atoms with Crippen LogP contribution in [0.15, 0.2) is 24.3 Å². The molecule has 0 saturated carbocycles. The van der Waals surface area contributed by atoms with E-state index in [9.17, 15) is 0 Å². The lowest BCUT2D eigenvalue weighted by atomic mass is 9.98. The van der Waals surface area contributed by atoms with Crippen LogP contribution >= 0.6 is 11.1 Å². The van der Waals surface area contributed by atoms with Gasteiger partial charge in [-0.2, -0.15) is 16.3 Å². The van der Waals surface area contributed by atoms with Gasteiger partial charge in [0.05, 0.1) is 12.0 Å². The first-order chi connectivity index (χ1) is 6.29. The van der Waals surface area contributed by atoms with Gasteiger partial charge >= 0.3 is 0 Å². The van der Waals surface area contributed by atoms with Gasteiger partial charge in [0.1, 0.15) is 0 Å². The van der Waals surface area contributed by atoms with Gasteiger partial charge in [0.15, 0.2) is 8.83 Å². The highest BCUT2D eigenvalue weighted by Crippen LogP contribution is 2.19. The summed E-state index contributed by atoms with van der Waals surface area (Å²) in [5.41, 5.74) is 2.31. The maximum Gasteiger partial charge on any atom is 0.176 e. The minimum absolute atomic E-state index is 0.0378. The zero-order valence-corrected chi connectivity index (χ0v) is 9.17. The van der Waals surface area contributed by atoms with Gasteiger partial charge in [-0.1, -0.05) is 24.3 Å². The second kappa shape index (κ2) is 5.06. The molecule has 0 N–H and O–H groups in total. The fourth-order valence-electron chi connectivity index (χ4n) is 1.26. The summed E-state index contributed by atoms with van der Waals surface area (Å²) >= 11 is 5.70. The summed E-state index contributed by atoms with van der Waals surface area (Å²) in [6.45, 7) is 1.91. The third-order valence-electron chi connectivity index (χ3n) is 1.97. The second-order valence-electron chi connectivity index (χ2n) is 2.86. The van der Waals surface area contributed by atoms with Crippen LogP contribution in [0.4, 0.5) is 0 Å². The van der Waals surface area contributed by atoms with Crippen molar-refractivity contribution in [2.24, 2.45) is 0 Å². The predicted molar refractivity (Wildman–Crippen MR) is 55.8 cm³/mol. The molecule has 0 saturated heterocycles. The third kappa shape index (κ3) is 2.58. The lowest BCUT2D eigenvalue weighted by Gasteiger charge is -2.08. The van der Waals surface area contributed by atoms with E-state index in [0.717, 1.165) is 11.6 Å². The lowest BCUT2D eigenvalue weighted by Crippen LogP contribution is -1.99. The second-order valence-corrected chi connectivity index (χ2v) is 4.28. The Labute approximate surface area is 85.9 Å². The molecule has 2 radical (unpaired) electrons. The van der Waals surface area contributed by atoms with Gasteiger partial charge in [-0.25, -0.2) is 0 Å². The summed E-state index contributed by atoms with van der Waals surface area (Å²) in [6.07, 6.45) is 0. The van der Waals surface area contributed by atoms with E-state index < -0.39 is 0 Å². The van der Waals surface area contributed by atoms with Crippen LogP contribution in [0.2, 0.25) is 0 Å². The first-order valence-corrected chi connectivity index (χ1v) is 6.32. The molecule has 0 aliphatic rings. The molecule has 1 atom stereocenters. The molecule has 0 bridgehead atoms. The van der Waals surface area contributed by atoms with Crippen molar-refractivity contribution in [2.75, 3.05) is 0 Å². The van der Waals surface area contributed by atoms with E-state index in [4.69, 9.17) is 16.3 Å². The quantitative estimate of drug-likeness (QED) is 0.552. The molecule has 0 amide bonds. The number of halogens is 1. The molecular weight excluding hydrogens is 198 g/mol. The smallest absolute Gasteiger partial charge is 0.176 e. The van der Waals surface area contributed by atoms with Gasteiger partial charge in [-0.3, -0.25) is 0 Å². The average Bonchev–Trinajstić information content (AvgIpc) is 2.18. The molecule has 13 heavy (non-hydrogen) atoms. The Hall–Kier alpha value is -0.783. The number of hydrogen-bond acceptors (Lipinski definition) is 1. The van der Waals surface area contributed by atoms with Gasteiger partial charge < -0.3 is 0 Å². The van der Waals surface area contributed by atoms with Crippen molar-refractivity contribution < 1.29 is 0 Å². The Morgan fingerprint density at radius 2 is 2.23 bits per heavy atom. The Morgan fingerprint density at radius 3 is 2.85 bits per heavy atom. The van der Waals surface area contributed by atoms with Crippen LogP contribution in [0.25, 0.3) is 0 Å². The fourth-order valence-corrected chi connectivity index (χ4v) is 2.16. The standard InChI is InChI=1S/C10H10ClNSi/c1-8(6-12)10-5-3-2-4-9(10)7-13-11/h2-5,8H,7H2,1H3. The number of nitriles is 1. The zero-order valence-electron chi connectivity index (χ0n) is 7.42. The van der Waals surface area contributed by atoms with Gasteiger partial charge in [0.25, 0.3) is 0 Å². The van der Waals surface area contributed by atoms with E-state index >= 15 is 0 Å². The molecule has 0 heterocycles. The molecule has 0 fully saturated rings. The van der Waals surface area contributed by atoms with Crippen molar-refractivity contribution in [3.63, 3.8) is 0 Å².